The monoisotopic (exact) mass is 271 g/mol. The predicted octanol–water partition coefficient (Wildman–Crippen LogP) is 2.69. The average molecular weight is 271 g/mol. The number of hydrogen-bond acceptors (Lipinski definition) is 3. The number of carbonyl (C=O) groups is 1. The normalized spacial score (nSPS) is 20.6. The molecule has 1 amide bonds. The standard InChI is InChI=1S/C16H21N3O/c1-2-3-8-17-13-6-7-14-11(9-13)4-5-12-10-15(20)18-19-16(12)14/h6-7,9,12,17H,2-5,8,10H2,1H3,(H,18,20). The van der Waals surface area contributed by atoms with E-state index < -0.39 is 0 Å². The van der Waals surface area contributed by atoms with Gasteiger partial charge >= 0.3 is 0 Å². The summed E-state index contributed by atoms with van der Waals surface area (Å²) in [5.74, 6) is 0.343. The molecule has 0 spiro atoms. The van der Waals surface area contributed by atoms with E-state index in [1.54, 1.807) is 0 Å². The van der Waals surface area contributed by atoms with Crippen LogP contribution in [0.15, 0.2) is 23.3 Å². The van der Waals surface area contributed by atoms with Crippen LogP contribution in [0.3, 0.4) is 0 Å². The van der Waals surface area contributed by atoms with Crippen molar-refractivity contribution in [2.45, 2.75) is 39.0 Å². The lowest BCUT2D eigenvalue weighted by molar-refractivity contribution is -0.122. The maximum Gasteiger partial charge on any atom is 0.240 e. The van der Waals surface area contributed by atoms with Gasteiger partial charge in [-0.1, -0.05) is 19.4 Å². The molecule has 0 saturated carbocycles. The van der Waals surface area contributed by atoms with Crippen molar-refractivity contribution in [2.24, 2.45) is 11.0 Å². The quantitative estimate of drug-likeness (QED) is 0.827. The van der Waals surface area contributed by atoms with Crippen molar-refractivity contribution in [3.63, 3.8) is 0 Å². The molecule has 0 radical (unpaired) electrons. The SMILES string of the molecule is CCCCNc1ccc2c(c1)CCC1CC(=O)NN=C21. The number of anilines is 1. The maximum absolute atomic E-state index is 11.4. The van der Waals surface area contributed by atoms with Crippen LogP contribution in [0.5, 0.6) is 0 Å². The summed E-state index contributed by atoms with van der Waals surface area (Å²) in [6, 6.07) is 6.50. The second-order valence-electron chi connectivity index (χ2n) is 5.62. The van der Waals surface area contributed by atoms with E-state index in [1.807, 2.05) is 0 Å². The Kier molecular flexibility index (Phi) is 3.72. The zero-order chi connectivity index (χ0) is 13.9. The van der Waals surface area contributed by atoms with Gasteiger partial charge in [0.1, 0.15) is 0 Å². The van der Waals surface area contributed by atoms with E-state index in [1.165, 1.54) is 29.7 Å². The highest BCUT2D eigenvalue weighted by Gasteiger charge is 2.30. The van der Waals surface area contributed by atoms with Gasteiger partial charge in [-0.3, -0.25) is 4.79 Å². The van der Waals surface area contributed by atoms with Crippen LogP contribution >= 0.6 is 0 Å². The van der Waals surface area contributed by atoms with E-state index in [0.29, 0.717) is 12.3 Å². The predicted molar refractivity (Wildman–Crippen MR) is 80.9 cm³/mol. The second kappa shape index (κ2) is 5.65. The highest BCUT2D eigenvalue weighted by molar-refractivity contribution is 6.07. The Balaban J connectivity index is 1.81. The number of aryl methyl sites for hydroxylation is 1. The van der Waals surface area contributed by atoms with Gasteiger partial charge in [-0.15, -0.1) is 0 Å². The van der Waals surface area contributed by atoms with E-state index in [4.69, 9.17) is 0 Å². The molecule has 2 aliphatic rings. The van der Waals surface area contributed by atoms with Gasteiger partial charge in [0.2, 0.25) is 5.91 Å². The zero-order valence-electron chi connectivity index (χ0n) is 11.9. The lowest BCUT2D eigenvalue weighted by Crippen LogP contribution is -2.36. The summed E-state index contributed by atoms with van der Waals surface area (Å²) < 4.78 is 0. The minimum atomic E-state index is 0.0417. The molecule has 0 fully saturated rings. The molecule has 2 N–H and O–H groups in total. The summed E-state index contributed by atoms with van der Waals surface area (Å²) in [6.45, 7) is 3.22. The van der Waals surface area contributed by atoms with E-state index in [9.17, 15) is 4.79 Å². The topological polar surface area (TPSA) is 53.5 Å². The molecule has 3 rings (SSSR count). The number of benzene rings is 1. The first kappa shape index (κ1) is 13.2. The number of hydrogen-bond donors (Lipinski definition) is 2. The van der Waals surface area contributed by atoms with Gasteiger partial charge < -0.3 is 5.32 Å². The van der Waals surface area contributed by atoms with Crippen LogP contribution in [-0.4, -0.2) is 18.2 Å². The molecule has 1 heterocycles. The summed E-state index contributed by atoms with van der Waals surface area (Å²) in [6.07, 6.45) is 5.04. The largest absolute Gasteiger partial charge is 0.385 e. The summed E-state index contributed by atoms with van der Waals surface area (Å²) in [5.41, 5.74) is 7.42. The molecular formula is C16H21N3O. The van der Waals surface area contributed by atoms with Crippen molar-refractivity contribution in [3.05, 3.63) is 29.3 Å². The minimum absolute atomic E-state index is 0.0417. The molecule has 106 valence electrons. The summed E-state index contributed by atoms with van der Waals surface area (Å²) in [4.78, 5) is 11.4. The van der Waals surface area contributed by atoms with Crippen LogP contribution in [-0.2, 0) is 11.2 Å². The van der Waals surface area contributed by atoms with Crippen molar-refractivity contribution in [1.29, 1.82) is 0 Å². The molecule has 0 bridgehead atoms. The Morgan fingerprint density at radius 3 is 3.20 bits per heavy atom. The minimum Gasteiger partial charge on any atom is -0.385 e. The molecule has 4 heteroatoms. The van der Waals surface area contributed by atoms with Crippen molar-refractivity contribution in [3.8, 4) is 0 Å². The summed E-state index contributed by atoms with van der Waals surface area (Å²) in [5, 5.41) is 7.74. The van der Waals surface area contributed by atoms with E-state index in [-0.39, 0.29) is 5.91 Å². The highest BCUT2D eigenvalue weighted by Crippen LogP contribution is 2.31. The Hall–Kier alpha value is -1.84. The summed E-state index contributed by atoms with van der Waals surface area (Å²) >= 11 is 0. The molecule has 0 aromatic heterocycles. The van der Waals surface area contributed by atoms with Crippen molar-refractivity contribution >= 4 is 17.3 Å². The molecule has 1 aromatic rings. The van der Waals surface area contributed by atoms with Gasteiger partial charge in [0.05, 0.1) is 5.71 Å². The van der Waals surface area contributed by atoms with Gasteiger partial charge in [-0.25, -0.2) is 5.43 Å². The first-order valence-electron chi connectivity index (χ1n) is 7.51. The molecule has 1 aliphatic carbocycles. The van der Waals surface area contributed by atoms with E-state index in [0.717, 1.165) is 25.1 Å². The Bertz CT molecular complexity index is 551. The van der Waals surface area contributed by atoms with Crippen LogP contribution in [0, 0.1) is 5.92 Å². The maximum atomic E-state index is 11.4. The highest BCUT2D eigenvalue weighted by atomic mass is 16.2. The number of rotatable bonds is 4. The van der Waals surface area contributed by atoms with Gasteiger partial charge in [0, 0.05) is 30.1 Å². The number of unbranched alkanes of at least 4 members (excludes halogenated alkanes) is 1. The molecule has 1 aliphatic heterocycles. The Morgan fingerprint density at radius 1 is 1.45 bits per heavy atom. The molecular weight excluding hydrogens is 250 g/mol. The number of amides is 1. The first-order valence-corrected chi connectivity index (χ1v) is 7.51. The van der Waals surface area contributed by atoms with Crippen LogP contribution in [0.25, 0.3) is 0 Å². The second-order valence-corrected chi connectivity index (χ2v) is 5.62. The van der Waals surface area contributed by atoms with Crippen LogP contribution in [0.4, 0.5) is 5.69 Å². The summed E-state index contributed by atoms with van der Waals surface area (Å²) in [7, 11) is 0. The lowest BCUT2D eigenvalue weighted by Gasteiger charge is -2.29. The van der Waals surface area contributed by atoms with Gasteiger partial charge in [-0.2, -0.15) is 5.10 Å². The van der Waals surface area contributed by atoms with Crippen molar-refractivity contribution in [2.75, 3.05) is 11.9 Å². The smallest absolute Gasteiger partial charge is 0.240 e. The number of fused-ring (bicyclic) bond motifs is 3. The fraction of sp³-hybridized carbons (Fsp3) is 0.500. The Morgan fingerprint density at radius 2 is 2.35 bits per heavy atom. The van der Waals surface area contributed by atoms with Crippen molar-refractivity contribution in [1.82, 2.24) is 5.43 Å². The fourth-order valence-corrected chi connectivity index (χ4v) is 3.00. The molecule has 20 heavy (non-hydrogen) atoms. The Labute approximate surface area is 119 Å². The van der Waals surface area contributed by atoms with E-state index in [2.05, 4.69) is 41.0 Å². The molecule has 1 atom stereocenters. The molecule has 4 nitrogen and oxygen atoms in total. The average Bonchev–Trinajstić information content (AvgIpc) is 2.47. The van der Waals surface area contributed by atoms with Crippen LogP contribution in [0.1, 0.15) is 43.7 Å². The number of carbonyl (C=O) groups excluding carboxylic acids is 1. The van der Waals surface area contributed by atoms with Crippen LogP contribution in [0.2, 0.25) is 0 Å². The number of nitrogens with one attached hydrogen (secondary N) is 2. The zero-order valence-corrected chi connectivity index (χ0v) is 11.9. The lowest BCUT2D eigenvalue weighted by atomic mass is 9.79. The first-order chi connectivity index (χ1) is 9.78. The van der Waals surface area contributed by atoms with E-state index >= 15 is 0 Å². The number of hydrazone groups is 1. The van der Waals surface area contributed by atoms with Gasteiger partial charge in [-0.05, 0) is 37.0 Å². The fourth-order valence-electron chi connectivity index (χ4n) is 3.00. The molecule has 0 saturated heterocycles. The third-order valence-corrected chi connectivity index (χ3v) is 4.12. The third-order valence-electron chi connectivity index (χ3n) is 4.12. The third kappa shape index (κ3) is 2.55. The van der Waals surface area contributed by atoms with Gasteiger partial charge in [0.15, 0.2) is 0 Å². The molecule has 1 aromatic carbocycles. The number of nitrogens with zero attached hydrogens (tertiary/aromatic N) is 1. The van der Waals surface area contributed by atoms with Gasteiger partial charge in [0.25, 0.3) is 0 Å². The van der Waals surface area contributed by atoms with Crippen LogP contribution < -0.4 is 10.7 Å². The van der Waals surface area contributed by atoms with Crippen molar-refractivity contribution < 1.29 is 4.79 Å². The molecule has 1 unspecified atom stereocenters.